The van der Waals surface area contributed by atoms with Crippen molar-refractivity contribution in [3.05, 3.63) is 53.5 Å². The van der Waals surface area contributed by atoms with E-state index < -0.39 is 0 Å². The summed E-state index contributed by atoms with van der Waals surface area (Å²) < 4.78 is 13.0. The number of aromatic amines is 1. The van der Waals surface area contributed by atoms with Crippen LogP contribution in [-0.4, -0.2) is 45.1 Å². The van der Waals surface area contributed by atoms with Crippen LogP contribution in [0.1, 0.15) is 56.7 Å². The van der Waals surface area contributed by atoms with Crippen molar-refractivity contribution in [1.29, 1.82) is 0 Å². The maximum absolute atomic E-state index is 13.0. The SMILES string of the molecule is CC(C)Nc1n[nH]c2nc([C@@H]3CCCN(C(=O)CCCc4ccc(F)cc4)C3)ccc12. The zero-order valence-electron chi connectivity index (χ0n) is 18.2. The number of fused-ring (bicyclic) bond motifs is 1. The molecule has 1 atom stereocenters. The summed E-state index contributed by atoms with van der Waals surface area (Å²) in [5.41, 5.74) is 2.86. The molecule has 2 aromatic heterocycles. The van der Waals surface area contributed by atoms with E-state index in [0.717, 1.165) is 60.3 Å². The van der Waals surface area contributed by atoms with Gasteiger partial charge in [-0.1, -0.05) is 12.1 Å². The summed E-state index contributed by atoms with van der Waals surface area (Å²) in [6, 6.07) is 10.9. The topological polar surface area (TPSA) is 73.9 Å². The number of hydrogen-bond acceptors (Lipinski definition) is 4. The predicted octanol–water partition coefficient (Wildman–Crippen LogP) is 4.65. The van der Waals surface area contributed by atoms with Gasteiger partial charge in [-0.2, -0.15) is 5.10 Å². The number of nitrogens with one attached hydrogen (secondary N) is 2. The third-order valence-corrected chi connectivity index (χ3v) is 5.83. The Hall–Kier alpha value is -2.96. The molecule has 0 saturated carbocycles. The Bertz CT molecular complexity index is 1030. The molecule has 7 heteroatoms. The number of rotatable bonds is 7. The Morgan fingerprint density at radius 3 is 2.84 bits per heavy atom. The molecule has 3 heterocycles. The molecule has 0 radical (unpaired) electrons. The van der Waals surface area contributed by atoms with Crippen LogP contribution in [0, 0.1) is 5.82 Å². The molecule has 3 aromatic rings. The summed E-state index contributed by atoms with van der Waals surface area (Å²) in [6.45, 7) is 5.67. The first kappa shape index (κ1) is 21.3. The van der Waals surface area contributed by atoms with Crippen molar-refractivity contribution in [3.63, 3.8) is 0 Å². The lowest BCUT2D eigenvalue weighted by Gasteiger charge is -2.32. The van der Waals surface area contributed by atoms with Crippen molar-refractivity contribution >= 4 is 22.8 Å². The fourth-order valence-electron chi connectivity index (χ4n) is 4.23. The first-order valence-corrected chi connectivity index (χ1v) is 11.1. The van der Waals surface area contributed by atoms with Crippen LogP contribution in [0.5, 0.6) is 0 Å². The molecular formula is C24H30FN5O. The molecule has 31 heavy (non-hydrogen) atoms. The number of benzene rings is 1. The Balaban J connectivity index is 1.35. The standard InChI is InChI=1S/C24H30FN5O/c1-16(2)26-23-20-12-13-21(27-24(20)29-28-23)18-6-4-14-30(15-18)22(31)7-3-5-17-8-10-19(25)11-9-17/h8-13,16,18H,3-7,14-15H2,1-2H3,(H2,26,27,28,29)/t18-/m1/s1. The van der Waals surface area contributed by atoms with E-state index in [4.69, 9.17) is 4.98 Å². The molecule has 164 valence electrons. The van der Waals surface area contributed by atoms with Crippen LogP contribution < -0.4 is 5.32 Å². The maximum atomic E-state index is 13.0. The maximum Gasteiger partial charge on any atom is 0.222 e. The number of anilines is 1. The number of pyridine rings is 1. The molecule has 0 aliphatic carbocycles. The molecule has 1 amide bonds. The van der Waals surface area contributed by atoms with Crippen LogP contribution in [0.4, 0.5) is 10.2 Å². The number of nitrogens with zero attached hydrogens (tertiary/aromatic N) is 3. The molecule has 1 saturated heterocycles. The smallest absolute Gasteiger partial charge is 0.222 e. The van der Waals surface area contributed by atoms with Gasteiger partial charge >= 0.3 is 0 Å². The van der Waals surface area contributed by atoms with Crippen LogP contribution >= 0.6 is 0 Å². The minimum absolute atomic E-state index is 0.192. The number of amides is 1. The van der Waals surface area contributed by atoms with E-state index >= 15 is 0 Å². The number of H-pyrrole nitrogens is 1. The summed E-state index contributed by atoms with van der Waals surface area (Å²) >= 11 is 0. The van der Waals surface area contributed by atoms with Crippen LogP contribution in [0.25, 0.3) is 11.0 Å². The summed E-state index contributed by atoms with van der Waals surface area (Å²) in [7, 11) is 0. The number of halogens is 1. The summed E-state index contributed by atoms with van der Waals surface area (Å²) in [5, 5.41) is 11.7. The quantitative estimate of drug-likeness (QED) is 0.580. The van der Waals surface area contributed by atoms with Gasteiger partial charge in [0.05, 0.1) is 5.39 Å². The Morgan fingerprint density at radius 1 is 1.26 bits per heavy atom. The molecule has 1 aliphatic heterocycles. The minimum atomic E-state index is -0.228. The van der Waals surface area contributed by atoms with E-state index in [2.05, 4.69) is 41.5 Å². The summed E-state index contributed by atoms with van der Waals surface area (Å²) in [6.07, 6.45) is 4.09. The minimum Gasteiger partial charge on any atom is -0.366 e. The first-order chi connectivity index (χ1) is 15.0. The van der Waals surface area contributed by atoms with Gasteiger partial charge in [-0.15, -0.1) is 0 Å². The number of hydrogen-bond donors (Lipinski definition) is 2. The van der Waals surface area contributed by atoms with Gasteiger partial charge in [0.2, 0.25) is 5.91 Å². The number of carbonyl (C=O) groups excluding carboxylic acids is 1. The number of likely N-dealkylation sites (tertiary alicyclic amines) is 1. The van der Waals surface area contributed by atoms with E-state index in [1.807, 2.05) is 4.90 Å². The lowest BCUT2D eigenvalue weighted by Crippen LogP contribution is -2.39. The molecule has 4 rings (SSSR count). The zero-order valence-corrected chi connectivity index (χ0v) is 18.2. The predicted molar refractivity (Wildman–Crippen MR) is 121 cm³/mol. The van der Waals surface area contributed by atoms with Gasteiger partial charge in [0, 0.05) is 37.2 Å². The number of carbonyl (C=O) groups is 1. The first-order valence-electron chi connectivity index (χ1n) is 11.1. The van der Waals surface area contributed by atoms with Crippen molar-refractivity contribution in [2.45, 2.75) is 57.9 Å². The highest BCUT2D eigenvalue weighted by Crippen LogP contribution is 2.29. The van der Waals surface area contributed by atoms with Crippen LogP contribution in [0.2, 0.25) is 0 Å². The molecule has 1 aromatic carbocycles. The largest absolute Gasteiger partial charge is 0.366 e. The van der Waals surface area contributed by atoms with E-state index in [0.29, 0.717) is 19.0 Å². The monoisotopic (exact) mass is 423 g/mol. The van der Waals surface area contributed by atoms with Gasteiger partial charge in [0.15, 0.2) is 11.5 Å². The van der Waals surface area contributed by atoms with Crippen molar-refractivity contribution in [3.8, 4) is 0 Å². The third-order valence-electron chi connectivity index (χ3n) is 5.83. The second kappa shape index (κ2) is 9.45. The fraction of sp³-hybridized carbons (Fsp3) is 0.458. The fourth-order valence-corrected chi connectivity index (χ4v) is 4.23. The Labute approximate surface area is 182 Å². The van der Waals surface area contributed by atoms with Crippen molar-refractivity contribution < 1.29 is 9.18 Å². The number of aryl methyl sites for hydroxylation is 1. The molecule has 0 unspecified atom stereocenters. The Morgan fingerprint density at radius 2 is 2.06 bits per heavy atom. The molecule has 2 N–H and O–H groups in total. The van der Waals surface area contributed by atoms with Crippen molar-refractivity contribution in [1.82, 2.24) is 20.1 Å². The average Bonchev–Trinajstić information content (AvgIpc) is 3.16. The molecular weight excluding hydrogens is 393 g/mol. The van der Waals surface area contributed by atoms with Crippen LogP contribution in [-0.2, 0) is 11.2 Å². The van der Waals surface area contributed by atoms with Crippen LogP contribution in [0.15, 0.2) is 36.4 Å². The van der Waals surface area contributed by atoms with Gasteiger partial charge in [-0.25, -0.2) is 9.37 Å². The second-order valence-electron chi connectivity index (χ2n) is 8.66. The Kier molecular flexibility index (Phi) is 6.49. The zero-order chi connectivity index (χ0) is 21.8. The summed E-state index contributed by atoms with van der Waals surface area (Å²) in [4.78, 5) is 19.5. The van der Waals surface area contributed by atoms with Gasteiger partial charge in [-0.3, -0.25) is 9.89 Å². The van der Waals surface area contributed by atoms with Gasteiger partial charge < -0.3 is 10.2 Å². The van der Waals surface area contributed by atoms with Gasteiger partial charge in [0.1, 0.15) is 5.82 Å². The average molecular weight is 424 g/mol. The third kappa shape index (κ3) is 5.21. The van der Waals surface area contributed by atoms with Crippen LogP contribution in [0.3, 0.4) is 0 Å². The summed E-state index contributed by atoms with van der Waals surface area (Å²) in [5.74, 6) is 1.03. The number of piperidine rings is 1. The van der Waals surface area contributed by atoms with Crippen molar-refractivity contribution in [2.24, 2.45) is 0 Å². The normalized spacial score (nSPS) is 16.8. The van der Waals surface area contributed by atoms with E-state index in [1.165, 1.54) is 12.1 Å². The number of aromatic nitrogens is 3. The lowest BCUT2D eigenvalue weighted by atomic mass is 9.93. The molecule has 0 spiro atoms. The molecule has 6 nitrogen and oxygen atoms in total. The van der Waals surface area contributed by atoms with E-state index in [9.17, 15) is 9.18 Å². The molecule has 1 aliphatic rings. The highest BCUT2D eigenvalue weighted by atomic mass is 19.1. The molecule has 0 bridgehead atoms. The second-order valence-corrected chi connectivity index (χ2v) is 8.66. The van der Waals surface area contributed by atoms with Crippen molar-refractivity contribution in [2.75, 3.05) is 18.4 Å². The molecule has 1 fully saturated rings. The lowest BCUT2D eigenvalue weighted by molar-refractivity contribution is -0.132. The van der Waals surface area contributed by atoms with Gasteiger partial charge in [-0.05, 0) is 69.4 Å². The van der Waals surface area contributed by atoms with Gasteiger partial charge in [0.25, 0.3) is 0 Å². The van der Waals surface area contributed by atoms with E-state index in [1.54, 1.807) is 12.1 Å². The highest BCUT2D eigenvalue weighted by molar-refractivity contribution is 5.87. The van der Waals surface area contributed by atoms with E-state index in [-0.39, 0.29) is 17.6 Å². The highest BCUT2D eigenvalue weighted by Gasteiger charge is 2.26.